The highest BCUT2D eigenvalue weighted by molar-refractivity contribution is 6.07. The molecule has 0 bridgehead atoms. The maximum atomic E-state index is 11.0. The number of alkyl carbamates (subject to hydrolysis) is 2. The maximum Gasteiger partial charge on any atom is 0.421 e. The van der Waals surface area contributed by atoms with E-state index >= 15 is 0 Å². The molecular weight excluding hydrogens is 264 g/mol. The molecule has 4 amide bonds. The van der Waals surface area contributed by atoms with Gasteiger partial charge in [-0.15, -0.1) is 0 Å². The van der Waals surface area contributed by atoms with E-state index in [2.05, 4.69) is 9.47 Å². The number of nitrogens with two attached hydrogens (primary N) is 2. The van der Waals surface area contributed by atoms with Gasteiger partial charge in [0.15, 0.2) is 0 Å². The Bertz CT molecular complexity index is 405. The van der Waals surface area contributed by atoms with Crippen LogP contribution in [0.1, 0.15) is 6.42 Å². The quantitative estimate of drug-likeness (QED) is 0.182. The van der Waals surface area contributed by atoms with Crippen molar-refractivity contribution in [2.75, 3.05) is 0 Å². The fourth-order valence-corrected chi connectivity index (χ4v) is 0.713. The SMILES string of the molecule is N=C(N)OC(=O)NC(=O)CC(=O)NC(=O)OC(=N)N. The van der Waals surface area contributed by atoms with Crippen LogP contribution >= 0.6 is 0 Å². The summed E-state index contributed by atoms with van der Waals surface area (Å²) in [5.41, 5.74) is 9.40. The summed E-state index contributed by atoms with van der Waals surface area (Å²) in [6, 6.07) is -1.89. The molecule has 0 saturated carbocycles. The molecule has 8 N–H and O–H groups in total. The average Bonchev–Trinajstić information content (AvgIpc) is 2.12. The lowest BCUT2D eigenvalue weighted by molar-refractivity contribution is -0.128. The lowest BCUT2D eigenvalue weighted by atomic mass is 10.4. The molecule has 0 aromatic heterocycles. The minimum atomic E-state index is -1.35. The number of carbonyl (C=O) groups excluding carboxylic acids is 4. The lowest BCUT2D eigenvalue weighted by Gasteiger charge is -2.04. The van der Waals surface area contributed by atoms with Gasteiger partial charge in [0.25, 0.3) is 12.0 Å². The van der Waals surface area contributed by atoms with E-state index < -0.39 is 42.5 Å². The number of hydrogen-bond acceptors (Lipinski definition) is 8. The van der Waals surface area contributed by atoms with Gasteiger partial charge in [-0.2, -0.15) is 0 Å². The van der Waals surface area contributed by atoms with Crippen molar-refractivity contribution in [3.8, 4) is 0 Å². The first-order chi connectivity index (χ1) is 8.70. The molecule has 0 radical (unpaired) electrons. The van der Waals surface area contributed by atoms with Crippen LogP contribution in [-0.2, 0) is 19.1 Å². The average molecular weight is 274 g/mol. The fourth-order valence-electron chi connectivity index (χ4n) is 0.713. The zero-order chi connectivity index (χ0) is 15.0. The van der Waals surface area contributed by atoms with E-state index in [4.69, 9.17) is 22.3 Å². The van der Waals surface area contributed by atoms with Crippen LogP contribution < -0.4 is 22.1 Å². The molecule has 0 aliphatic heterocycles. The summed E-state index contributed by atoms with van der Waals surface area (Å²) in [5, 5.41) is 16.3. The lowest BCUT2D eigenvalue weighted by Crippen LogP contribution is -2.40. The van der Waals surface area contributed by atoms with E-state index in [1.807, 2.05) is 0 Å². The Morgan fingerprint density at radius 2 is 1.16 bits per heavy atom. The third-order valence-electron chi connectivity index (χ3n) is 1.21. The van der Waals surface area contributed by atoms with Crippen LogP contribution in [0.3, 0.4) is 0 Å². The van der Waals surface area contributed by atoms with Gasteiger partial charge in [-0.05, 0) is 0 Å². The van der Waals surface area contributed by atoms with Crippen LogP contribution in [0.2, 0.25) is 0 Å². The summed E-state index contributed by atoms with van der Waals surface area (Å²) in [4.78, 5) is 43.6. The van der Waals surface area contributed by atoms with Crippen molar-refractivity contribution in [2.45, 2.75) is 6.42 Å². The van der Waals surface area contributed by atoms with Crippen molar-refractivity contribution in [3.05, 3.63) is 0 Å². The smallest absolute Gasteiger partial charge is 0.376 e. The second-order valence-corrected chi connectivity index (χ2v) is 2.78. The molecule has 12 heteroatoms. The zero-order valence-electron chi connectivity index (χ0n) is 9.31. The Morgan fingerprint density at radius 3 is 1.42 bits per heavy atom. The largest absolute Gasteiger partial charge is 0.421 e. The number of amides is 4. The van der Waals surface area contributed by atoms with Crippen molar-refractivity contribution >= 4 is 36.0 Å². The number of ether oxygens (including phenoxy) is 2. The monoisotopic (exact) mass is 274 g/mol. The maximum absolute atomic E-state index is 11.0. The van der Waals surface area contributed by atoms with Gasteiger partial charge in [-0.25, -0.2) is 9.59 Å². The Labute approximate surface area is 105 Å². The van der Waals surface area contributed by atoms with Crippen LogP contribution in [0, 0.1) is 10.8 Å². The summed E-state index contributed by atoms with van der Waals surface area (Å²) in [5.74, 6) is -2.22. The van der Waals surface area contributed by atoms with Gasteiger partial charge >= 0.3 is 12.2 Å². The summed E-state index contributed by atoms with van der Waals surface area (Å²) < 4.78 is 7.92. The summed E-state index contributed by atoms with van der Waals surface area (Å²) in [6.07, 6.45) is -3.60. The normalized spacial score (nSPS) is 8.84. The van der Waals surface area contributed by atoms with Crippen molar-refractivity contribution in [3.63, 3.8) is 0 Å². The molecule has 0 heterocycles. The van der Waals surface area contributed by atoms with E-state index in [9.17, 15) is 19.2 Å². The van der Waals surface area contributed by atoms with Gasteiger partial charge in [0.1, 0.15) is 6.42 Å². The molecule has 0 rings (SSSR count). The number of hydrogen-bond donors (Lipinski definition) is 6. The fraction of sp³-hybridized carbons (Fsp3) is 0.143. The summed E-state index contributed by atoms with van der Waals surface area (Å²) in [6.45, 7) is 0. The molecule has 0 fully saturated rings. The molecule has 0 atom stereocenters. The van der Waals surface area contributed by atoms with E-state index in [0.717, 1.165) is 0 Å². The highest BCUT2D eigenvalue weighted by Crippen LogP contribution is 1.85. The van der Waals surface area contributed by atoms with Crippen LogP contribution in [0.25, 0.3) is 0 Å². The first kappa shape index (κ1) is 15.8. The molecule has 0 aliphatic rings. The molecule has 0 aliphatic carbocycles. The van der Waals surface area contributed by atoms with Gasteiger partial charge in [-0.1, -0.05) is 0 Å². The zero-order valence-corrected chi connectivity index (χ0v) is 9.31. The van der Waals surface area contributed by atoms with Crippen molar-refractivity contribution in [2.24, 2.45) is 11.5 Å². The number of imide groups is 2. The Kier molecular flexibility index (Phi) is 6.00. The number of carbonyl (C=O) groups is 4. The second kappa shape index (κ2) is 7.21. The standard InChI is InChI=1S/C7H10N6O6/c8-4(9)18-6(16)12-2(14)1-3(15)13-7(17)19-5(10)11/h1H2,(H3,8,9)(H3,10,11)(H,12,14,16)(H,13,15,17). The molecular formula is C7H10N6O6. The van der Waals surface area contributed by atoms with Crippen molar-refractivity contribution < 1.29 is 28.7 Å². The molecule has 0 spiro atoms. The summed E-state index contributed by atoms with van der Waals surface area (Å²) >= 11 is 0. The van der Waals surface area contributed by atoms with Crippen molar-refractivity contribution in [1.29, 1.82) is 10.8 Å². The van der Waals surface area contributed by atoms with E-state index in [1.54, 1.807) is 10.6 Å². The second-order valence-electron chi connectivity index (χ2n) is 2.78. The van der Waals surface area contributed by atoms with Gasteiger partial charge in [-0.3, -0.25) is 31.0 Å². The molecule has 0 unspecified atom stereocenters. The highest BCUT2D eigenvalue weighted by Gasteiger charge is 2.17. The minimum Gasteiger partial charge on any atom is -0.376 e. The third-order valence-corrected chi connectivity index (χ3v) is 1.21. The topological polar surface area (TPSA) is 211 Å². The Hall–Kier alpha value is -3.18. The minimum absolute atomic E-state index is 0.903. The predicted molar refractivity (Wildman–Crippen MR) is 57.7 cm³/mol. The first-order valence-corrected chi connectivity index (χ1v) is 4.42. The van der Waals surface area contributed by atoms with Gasteiger partial charge in [0, 0.05) is 0 Å². The molecule has 104 valence electrons. The van der Waals surface area contributed by atoms with Crippen LogP contribution in [0.15, 0.2) is 0 Å². The van der Waals surface area contributed by atoms with Gasteiger partial charge in [0.2, 0.25) is 11.8 Å². The Morgan fingerprint density at radius 1 is 0.842 bits per heavy atom. The third kappa shape index (κ3) is 8.61. The van der Waals surface area contributed by atoms with Crippen molar-refractivity contribution in [1.82, 2.24) is 10.6 Å². The molecule has 0 saturated heterocycles. The Balaban J connectivity index is 4.09. The molecule has 19 heavy (non-hydrogen) atoms. The van der Waals surface area contributed by atoms with Crippen LogP contribution in [0.5, 0.6) is 0 Å². The highest BCUT2D eigenvalue weighted by atomic mass is 16.6. The number of nitrogens with one attached hydrogen (secondary N) is 4. The van der Waals surface area contributed by atoms with E-state index in [-0.39, 0.29) is 0 Å². The van der Waals surface area contributed by atoms with Crippen LogP contribution in [-0.4, -0.2) is 36.0 Å². The molecule has 0 aromatic rings. The summed E-state index contributed by atoms with van der Waals surface area (Å²) in [7, 11) is 0. The van der Waals surface area contributed by atoms with Gasteiger partial charge in [0.05, 0.1) is 0 Å². The van der Waals surface area contributed by atoms with Gasteiger partial charge < -0.3 is 20.9 Å². The van der Waals surface area contributed by atoms with Crippen LogP contribution in [0.4, 0.5) is 9.59 Å². The molecule has 0 aromatic carbocycles. The first-order valence-electron chi connectivity index (χ1n) is 4.42. The molecule has 12 nitrogen and oxygen atoms in total. The number of rotatable bonds is 2. The number of amidine groups is 2. The predicted octanol–water partition coefficient (Wildman–Crippen LogP) is -2.33. The van der Waals surface area contributed by atoms with E-state index in [0.29, 0.717) is 0 Å². The van der Waals surface area contributed by atoms with E-state index in [1.165, 1.54) is 0 Å².